The highest BCUT2D eigenvalue weighted by Gasteiger charge is 2.28. The monoisotopic (exact) mass is 390 g/mol. The highest BCUT2D eigenvalue weighted by molar-refractivity contribution is 7.98. The zero-order valence-electron chi connectivity index (χ0n) is 16.3. The molecule has 1 aliphatic rings. The Morgan fingerprint density at radius 1 is 0.929 bits per heavy atom. The lowest BCUT2D eigenvalue weighted by Crippen LogP contribution is -2.16. The van der Waals surface area contributed by atoms with Crippen molar-refractivity contribution in [3.8, 4) is 0 Å². The van der Waals surface area contributed by atoms with E-state index in [1.165, 1.54) is 27.1 Å². The maximum atomic E-state index is 10.1. The third kappa shape index (κ3) is 3.88. The van der Waals surface area contributed by atoms with Gasteiger partial charge in [0.2, 0.25) is 0 Å². The van der Waals surface area contributed by atoms with Crippen LogP contribution in [0.15, 0.2) is 77.7 Å². The van der Waals surface area contributed by atoms with E-state index in [2.05, 4.69) is 56.3 Å². The van der Waals surface area contributed by atoms with Gasteiger partial charge in [-0.3, -0.25) is 0 Å². The highest BCUT2D eigenvalue weighted by Crippen LogP contribution is 2.43. The first-order valence-corrected chi connectivity index (χ1v) is 10.8. The zero-order valence-corrected chi connectivity index (χ0v) is 17.2. The van der Waals surface area contributed by atoms with Crippen LogP contribution in [0.4, 0.5) is 0 Å². The second-order valence-corrected chi connectivity index (χ2v) is 8.55. The van der Waals surface area contributed by atoms with E-state index < -0.39 is 0 Å². The molecule has 0 amide bonds. The predicted octanol–water partition coefficient (Wildman–Crippen LogP) is 6.26. The number of fused-ring (bicyclic) bond motifs is 2. The van der Waals surface area contributed by atoms with E-state index in [9.17, 15) is 5.11 Å². The molecule has 2 atom stereocenters. The van der Waals surface area contributed by atoms with E-state index in [0.717, 1.165) is 11.3 Å². The number of thioether (sulfide) groups is 1. The molecule has 0 saturated heterocycles. The number of hydrogen-bond acceptors (Lipinski definition) is 3. The average Bonchev–Trinajstić information content (AvgIpc) is 2.89. The molecule has 144 valence electrons. The number of hydrogen-bond donors (Lipinski definition) is 1. The SMILES string of the molecule is CC(C)c1ccc2c(c1)CSc1ccccc1C2OC(CO)c1ccccc1. The van der Waals surface area contributed by atoms with Crippen molar-refractivity contribution in [1.29, 1.82) is 0 Å². The highest BCUT2D eigenvalue weighted by atomic mass is 32.2. The van der Waals surface area contributed by atoms with Crippen LogP contribution in [0.5, 0.6) is 0 Å². The molecule has 3 aromatic carbocycles. The minimum absolute atomic E-state index is 0.0464. The van der Waals surface area contributed by atoms with Crippen LogP contribution in [0.25, 0.3) is 0 Å². The number of rotatable bonds is 5. The molecule has 2 unspecified atom stereocenters. The quantitative estimate of drug-likeness (QED) is 0.558. The van der Waals surface area contributed by atoms with Crippen molar-refractivity contribution in [2.45, 2.75) is 42.6 Å². The normalized spacial score (nSPS) is 16.9. The molecule has 1 N–H and O–H groups in total. The Morgan fingerprint density at radius 3 is 2.43 bits per heavy atom. The number of aliphatic hydroxyl groups excluding tert-OH is 1. The summed E-state index contributed by atoms with van der Waals surface area (Å²) in [6.45, 7) is 4.41. The van der Waals surface area contributed by atoms with Crippen molar-refractivity contribution in [2.24, 2.45) is 0 Å². The number of ether oxygens (including phenoxy) is 1. The molecule has 0 aliphatic carbocycles. The van der Waals surface area contributed by atoms with Gasteiger partial charge in [0, 0.05) is 10.6 Å². The van der Waals surface area contributed by atoms with Gasteiger partial charge in [-0.15, -0.1) is 11.8 Å². The fraction of sp³-hybridized carbons (Fsp3) is 0.280. The minimum Gasteiger partial charge on any atom is -0.393 e. The Morgan fingerprint density at radius 2 is 1.68 bits per heavy atom. The summed E-state index contributed by atoms with van der Waals surface area (Å²) >= 11 is 1.86. The third-order valence-corrected chi connectivity index (χ3v) is 6.48. The van der Waals surface area contributed by atoms with E-state index in [4.69, 9.17) is 4.74 Å². The van der Waals surface area contributed by atoms with Gasteiger partial charge in [-0.2, -0.15) is 0 Å². The van der Waals surface area contributed by atoms with Crippen LogP contribution in [-0.4, -0.2) is 11.7 Å². The van der Waals surface area contributed by atoms with Crippen LogP contribution in [0, 0.1) is 0 Å². The molecule has 0 bridgehead atoms. The predicted molar refractivity (Wildman–Crippen MR) is 116 cm³/mol. The summed E-state index contributed by atoms with van der Waals surface area (Å²) in [6, 6.07) is 25.2. The van der Waals surface area contributed by atoms with Crippen LogP contribution in [0.2, 0.25) is 0 Å². The Kier molecular flexibility index (Phi) is 5.86. The van der Waals surface area contributed by atoms with Crippen LogP contribution in [0.1, 0.15) is 59.8 Å². The molecule has 3 heteroatoms. The Hall–Kier alpha value is -2.07. The lowest BCUT2D eigenvalue weighted by atomic mass is 9.92. The molecular weight excluding hydrogens is 364 g/mol. The van der Waals surface area contributed by atoms with Gasteiger partial charge in [-0.1, -0.05) is 80.6 Å². The van der Waals surface area contributed by atoms with Crippen LogP contribution in [0.3, 0.4) is 0 Å². The number of aliphatic hydroxyl groups is 1. The Bertz CT molecular complexity index is 936. The average molecular weight is 391 g/mol. The standard InChI is InChI=1S/C25H26O2S/c1-17(2)19-12-13-21-20(14-19)16-28-24-11-7-6-10-22(24)25(21)27-23(15-26)18-8-4-3-5-9-18/h3-14,17,23,25-26H,15-16H2,1-2H3. The summed E-state index contributed by atoms with van der Waals surface area (Å²) in [5.74, 6) is 1.43. The first kappa shape index (κ1) is 19.3. The van der Waals surface area contributed by atoms with Crippen LogP contribution >= 0.6 is 11.8 Å². The topological polar surface area (TPSA) is 29.5 Å². The third-order valence-electron chi connectivity index (χ3n) is 5.34. The van der Waals surface area contributed by atoms with Gasteiger partial charge >= 0.3 is 0 Å². The molecular formula is C25H26O2S. The Balaban J connectivity index is 1.78. The second kappa shape index (κ2) is 8.52. The van der Waals surface area contributed by atoms with E-state index in [0.29, 0.717) is 5.92 Å². The van der Waals surface area contributed by atoms with Gasteiger partial charge in [-0.25, -0.2) is 0 Å². The van der Waals surface area contributed by atoms with Gasteiger partial charge in [0.25, 0.3) is 0 Å². The molecule has 1 aliphatic heterocycles. The molecule has 3 aromatic rings. The van der Waals surface area contributed by atoms with Crippen molar-refractivity contribution in [3.05, 3.63) is 101 Å². The minimum atomic E-state index is -0.361. The summed E-state index contributed by atoms with van der Waals surface area (Å²) < 4.78 is 6.60. The molecule has 0 aromatic heterocycles. The van der Waals surface area contributed by atoms with Gasteiger partial charge in [0.05, 0.1) is 6.61 Å². The molecule has 0 spiro atoms. The summed E-state index contributed by atoms with van der Waals surface area (Å²) in [5.41, 5.74) is 6.06. The molecule has 0 fully saturated rings. The van der Waals surface area contributed by atoms with Crippen molar-refractivity contribution in [2.75, 3.05) is 6.61 Å². The molecule has 2 nitrogen and oxygen atoms in total. The first-order valence-electron chi connectivity index (χ1n) is 9.83. The van der Waals surface area contributed by atoms with Crippen molar-refractivity contribution in [1.82, 2.24) is 0 Å². The Labute approximate surface area is 171 Å². The van der Waals surface area contributed by atoms with Crippen LogP contribution < -0.4 is 0 Å². The van der Waals surface area contributed by atoms with Crippen molar-refractivity contribution < 1.29 is 9.84 Å². The lowest BCUT2D eigenvalue weighted by Gasteiger charge is -2.26. The fourth-order valence-corrected chi connectivity index (χ4v) is 4.80. The zero-order chi connectivity index (χ0) is 19.5. The summed E-state index contributed by atoms with van der Waals surface area (Å²) in [4.78, 5) is 1.25. The summed E-state index contributed by atoms with van der Waals surface area (Å²) in [6.07, 6.45) is -0.556. The van der Waals surface area contributed by atoms with E-state index in [-0.39, 0.29) is 18.8 Å². The second-order valence-electron chi connectivity index (χ2n) is 7.54. The van der Waals surface area contributed by atoms with Crippen molar-refractivity contribution >= 4 is 11.8 Å². The smallest absolute Gasteiger partial charge is 0.110 e. The van der Waals surface area contributed by atoms with Gasteiger partial charge in [0.15, 0.2) is 0 Å². The molecule has 4 rings (SSSR count). The van der Waals surface area contributed by atoms with Crippen molar-refractivity contribution in [3.63, 3.8) is 0 Å². The first-order chi connectivity index (χ1) is 13.7. The molecule has 0 radical (unpaired) electrons. The molecule has 1 heterocycles. The number of benzene rings is 3. The largest absolute Gasteiger partial charge is 0.393 e. The molecule has 28 heavy (non-hydrogen) atoms. The van der Waals surface area contributed by atoms with Gasteiger partial charge < -0.3 is 9.84 Å². The van der Waals surface area contributed by atoms with E-state index >= 15 is 0 Å². The van der Waals surface area contributed by atoms with Gasteiger partial charge in [-0.05, 0) is 39.8 Å². The van der Waals surface area contributed by atoms with E-state index in [1.54, 1.807) is 0 Å². The van der Waals surface area contributed by atoms with E-state index in [1.807, 2.05) is 42.1 Å². The maximum Gasteiger partial charge on any atom is 0.110 e. The maximum absolute atomic E-state index is 10.1. The summed E-state index contributed by atoms with van der Waals surface area (Å²) in [7, 11) is 0. The fourth-order valence-electron chi connectivity index (χ4n) is 3.72. The van der Waals surface area contributed by atoms with Gasteiger partial charge in [0.1, 0.15) is 12.2 Å². The lowest BCUT2D eigenvalue weighted by molar-refractivity contribution is -0.0260. The summed E-state index contributed by atoms with van der Waals surface area (Å²) in [5, 5.41) is 10.1. The van der Waals surface area contributed by atoms with Crippen LogP contribution in [-0.2, 0) is 10.5 Å². The molecule has 0 saturated carbocycles.